The third-order valence-electron chi connectivity index (χ3n) is 2.41. The molecule has 1 unspecified atom stereocenters. The van der Waals surface area contributed by atoms with E-state index < -0.39 is 0 Å². The molecule has 0 bridgehead atoms. The Kier molecular flexibility index (Phi) is 4.33. The summed E-state index contributed by atoms with van der Waals surface area (Å²) in [6, 6.07) is 2.05. The van der Waals surface area contributed by atoms with E-state index in [1.54, 1.807) is 12.5 Å². The molecule has 0 saturated carbocycles. The Morgan fingerprint density at radius 3 is 3.00 bits per heavy atom. The van der Waals surface area contributed by atoms with Crippen molar-refractivity contribution in [3.63, 3.8) is 0 Å². The van der Waals surface area contributed by atoms with Crippen molar-refractivity contribution in [3.8, 4) is 0 Å². The van der Waals surface area contributed by atoms with Crippen molar-refractivity contribution in [1.29, 1.82) is 0 Å². The number of carbonyl (C=O) groups is 1. The Balaban J connectivity index is 2.39. The summed E-state index contributed by atoms with van der Waals surface area (Å²) in [4.78, 5) is 13.1. The lowest BCUT2D eigenvalue weighted by Gasteiger charge is -2.23. The van der Waals surface area contributed by atoms with Gasteiger partial charge in [-0.1, -0.05) is 0 Å². The van der Waals surface area contributed by atoms with Gasteiger partial charge in [-0.15, -0.1) is 0 Å². The summed E-state index contributed by atoms with van der Waals surface area (Å²) < 4.78 is 4.97. The molecular formula is C10H17N3O2. The van der Waals surface area contributed by atoms with Crippen LogP contribution in [0.15, 0.2) is 23.0 Å². The zero-order valence-corrected chi connectivity index (χ0v) is 9.06. The van der Waals surface area contributed by atoms with Gasteiger partial charge in [0.05, 0.1) is 12.5 Å². The quantitative estimate of drug-likeness (QED) is 0.422. The fourth-order valence-corrected chi connectivity index (χ4v) is 1.31. The normalized spacial score (nSPS) is 12.8. The minimum Gasteiger partial charge on any atom is -0.472 e. The molecule has 0 aliphatic carbocycles. The molecule has 1 amide bonds. The Bertz CT molecular complexity index is 298. The summed E-state index contributed by atoms with van der Waals surface area (Å²) in [5, 5.41) is 0. The van der Waals surface area contributed by atoms with Gasteiger partial charge in [0.2, 0.25) is 5.91 Å². The van der Waals surface area contributed by atoms with Crippen LogP contribution in [-0.4, -0.2) is 23.9 Å². The molecule has 0 aliphatic heterocycles. The van der Waals surface area contributed by atoms with Gasteiger partial charge in [-0.05, 0) is 20.0 Å². The summed E-state index contributed by atoms with van der Waals surface area (Å²) in [6.45, 7) is 2.74. The number of nitrogens with one attached hydrogen (secondary N) is 1. The van der Waals surface area contributed by atoms with Crippen LogP contribution in [0.2, 0.25) is 0 Å². The minimum atomic E-state index is -0.151. The summed E-state index contributed by atoms with van der Waals surface area (Å²) >= 11 is 0. The summed E-state index contributed by atoms with van der Waals surface area (Å²) in [5.74, 6) is 4.87. The lowest BCUT2D eigenvalue weighted by atomic mass is 10.2. The SMILES string of the molecule is CC(CC(=O)NN)N(C)Cc1ccoc1. The molecule has 1 atom stereocenters. The van der Waals surface area contributed by atoms with E-state index in [-0.39, 0.29) is 11.9 Å². The van der Waals surface area contributed by atoms with Gasteiger partial charge < -0.3 is 4.42 Å². The molecule has 1 rings (SSSR count). The average molecular weight is 211 g/mol. The second-order valence-electron chi connectivity index (χ2n) is 3.67. The number of nitrogens with two attached hydrogens (primary N) is 1. The number of hydrogen-bond acceptors (Lipinski definition) is 4. The van der Waals surface area contributed by atoms with Gasteiger partial charge in [-0.3, -0.25) is 15.1 Å². The van der Waals surface area contributed by atoms with Crippen LogP contribution in [-0.2, 0) is 11.3 Å². The van der Waals surface area contributed by atoms with E-state index in [2.05, 4.69) is 10.3 Å². The van der Waals surface area contributed by atoms with Crippen molar-refractivity contribution < 1.29 is 9.21 Å². The van der Waals surface area contributed by atoms with Crippen molar-refractivity contribution >= 4 is 5.91 Å². The van der Waals surface area contributed by atoms with Gasteiger partial charge in [-0.25, -0.2) is 5.84 Å². The molecule has 84 valence electrons. The summed E-state index contributed by atoms with van der Waals surface area (Å²) in [6.07, 6.45) is 3.73. The van der Waals surface area contributed by atoms with Crippen LogP contribution in [0.4, 0.5) is 0 Å². The first kappa shape index (κ1) is 11.7. The molecule has 5 heteroatoms. The molecule has 1 aromatic heterocycles. The summed E-state index contributed by atoms with van der Waals surface area (Å²) in [5.41, 5.74) is 3.22. The maximum Gasteiger partial charge on any atom is 0.235 e. The van der Waals surface area contributed by atoms with Crippen molar-refractivity contribution in [2.45, 2.75) is 25.9 Å². The van der Waals surface area contributed by atoms with E-state index >= 15 is 0 Å². The van der Waals surface area contributed by atoms with Crippen LogP contribution in [0.5, 0.6) is 0 Å². The van der Waals surface area contributed by atoms with Gasteiger partial charge in [0.25, 0.3) is 0 Å². The van der Waals surface area contributed by atoms with Crippen molar-refractivity contribution in [2.75, 3.05) is 7.05 Å². The minimum absolute atomic E-state index is 0.142. The first-order valence-electron chi connectivity index (χ1n) is 4.84. The average Bonchev–Trinajstić information content (AvgIpc) is 2.70. The largest absolute Gasteiger partial charge is 0.472 e. The summed E-state index contributed by atoms with van der Waals surface area (Å²) in [7, 11) is 1.96. The molecule has 1 aromatic rings. The van der Waals surface area contributed by atoms with Crippen LogP contribution >= 0.6 is 0 Å². The molecule has 5 nitrogen and oxygen atoms in total. The fraction of sp³-hybridized carbons (Fsp3) is 0.500. The Morgan fingerprint density at radius 2 is 2.47 bits per heavy atom. The van der Waals surface area contributed by atoms with Crippen LogP contribution in [0.25, 0.3) is 0 Å². The van der Waals surface area contributed by atoms with Crippen LogP contribution in [0.1, 0.15) is 18.9 Å². The Hall–Kier alpha value is -1.33. The first-order chi connectivity index (χ1) is 7.13. The predicted octanol–water partition coefficient (Wildman–Crippen LogP) is 0.480. The smallest absolute Gasteiger partial charge is 0.235 e. The highest BCUT2D eigenvalue weighted by Gasteiger charge is 2.13. The number of furan rings is 1. The fourth-order valence-electron chi connectivity index (χ4n) is 1.31. The molecule has 0 radical (unpaired) electrons. The van der Waals surface area contributed by atoms with Crippen molar-refractivity contribution in [3.05, 3.63) is 24.2 Å². The standard InChI is InChI=1S/C10H17N3O2/c1-8(5-10(14)12-11)13(2)6-9-3-4-15-7-9/h3-4,7-8H,5-6,11H2,1-2H3,(H,12,14). The molecule has 0 aliphatic rings. The zero-order chi connectivity index (χ0) is 11.3. The van der Waals surface area contributed by atoms with Crippen LogP contribution in [0.3, 0.4) is 0 Å². The number of carbonyl (C=O) groups excluding carboxylic acids is 1. The van der Waals surface area contributed by atoms with E-state index in [9.17, 15) is 4.79 Å². The third kappa shape index (κ3) is 3.73. The highest BCUT2D eigenvalue weighted by Crippen LogP contribution is 2.08. The predicted molar refractivity (Wildman–Crippen MR) is 56.6 cm³/mol. The Labute approximate surface area is 89.2 Å². The lowest BCUT2D eigenvalue weighted by molar-refractivity contribution is -0.122. The van der Waals surface area contributed by atoms with Gasteiger partial charge in [0.15, 0.2) is 0 Å². The van der Waals surface area contributed by atoms with Gasteiger partial charge in [-0.2, -0.15) is 0 Å². The molecule has 0 spiro atoms. The molecular weight excluding hydrogens is 194 g/mol. The molecule has 15 heavy (non-hydrogen) atoms. The van der Waals surface area contributed by atoms with E-state index in [1.165, 1.54) is 0 Å². The number of hydrazine groups is 1. The van der Waals surface area contributed by atoms with Crippen LogP contribution < -0.4 is 11.3 Å². The van der Waals surface area contributed by atoms with E-state index in [0.717, 1.165) is 12.1 Å². The number of nitrogens with zero attached hydrogens (tertiary/aromatic N) is 1. The van der Waals surface area contributed by atoms with Gasteiger partial charge >= 0.3 is 0 Å². The highest BCUT2D eigenvalue weighted by molar-refractivity contribution is 5.75. The first-order valence-corrected chi connectivity index (χ1v) is 4.84. The number of hydrogen-bond donors (Lipinski definition) is 2. The molecule has 1 heterocycles. The Morgan fingerprint density at radius 1 is 1.73 bits per heavy atom. The zero-order valence-electron chi connectivity index (χ0n) is 9.06. The highest BCUT2D eigenvalue weighted by atomic mass is 16.3. The van der Waals surface area contributed by atoms with E-state index in [4.69, 9.17) is 10.3 Å². The van der Waals surface area contributed by atoms with Crippen LogP contribution in [0, 0.1) is 0 Å². The second-order valence-corrected chi connectivity index (χ2v) is 3.67. The molecule has 0 aromatic carbocycles. The molecule has 0 fully saturated rings. The number of amides is 1. The van der Waals surface area contributed by atoms with Gasteiger partial charge in [0, 0.05) is 24.6 Å². The van der Waals surface area contributed by atoms with E-state index in [0.29, 0.717) is 6.42 Å². The van der Waals surface area contributed by atoms with Crippen molar-refractivity contribution in [2.24, 2.45) is 5.84 Å². The molecule has 0 saturated heterocycles. The van der Waals surface area contributed by atoms with Crippen molar-refractivity contribution in [1.82, 2.24) is 10.3 Å². The maximum atomic E-state index is 11.0. The lowest BCUT2D eigenvalue weighted by Crippen LogP contribution is -2.37. The second kappa shape index (κ2) is 5.53. The third-order valence-corrected chi connectivity index (χ3v) is 2.41. The topological polar surface area (TPSA) is 71.5 Å². The maximum absolute atomic E-state index is 11.0. The monoisotopic (exact) mass is 211 g/mol. The van der Waals surface area contributed by atoms with E-state index in [1.807, 2.05) is 20.0 Å². The molecule has 3 N–H and O–H groups in total. The van der Waals surface area contributed by atoms with Gasteiger partial charge in [0.1, 0.15) is 0 Å². The number of rotatable bonds is 5.